The van der Waals surface area contributed by atoms with Crippen molar-refractivity contribution in [2.24, 2.45) is 0 Å². The minimum atomic E-state index is -0.345. The van der Waals surface area contributed by atoms with E-state index in [0.717, 1.165) is 11.3 Å². The molecule has 6 nitrogen and oxygen atoms in total. The van der Waals surface area contributed by atoms with E-state index < -0.39 is 0 Å². The fraction of sp³-hybridized carbons (Fsp3) is 0.167. The van der Waals surface area contributed by atoms with Crippen LogP contribution in [0, 0.1) is 0 Å². The zero-order valence-electron chi connectivity index (χ0n) is 10.2. The van der Waals surface area contributed by atoms with Crippen LogP contribution in [0.25, 0.3) is 0 Å². The van der Waals surface area contributed by atoms with Crippen LogP contribution in [0.15, 0.2) is 28.4 Å². The number of nitrogen functional groups attached to an aromatic ring is 1. The molecule has 19 heavy (non-hydrogen) atoms. The number of hydrogen-bond donors (Lipinski definition) is 3. The highest BCUT2D eigenvalue weighted by Gasteiger charge is 2.15. The molecule has 0 saturated carbocycles. The largest absolute Gasteiger partial charge is 0.496 e. The number of carbonyl (C=O) groups excluding carboxylic acids is 1. The number of H-pyrrole nitrogens is 1. The van der Waals surface area contributed by atoms with E-state index in [1.54, 1.807) is 23.6 Å². The summed E-state index contributed by atoms with van der Waals surface area (Å²) < 4.78 is 5.11. The molecule has 1 heterocycles. The van der Waals surface area contributed by atoms with Gasteiger partial charge in [-0.15, -0.1) is 0 Å². The summed E-state index contributed by atoms with van der Waals surface area (Å²) in [6, 6.07) is 5.00. The van der Waals surface area contributed by atoms with Crippen LogP contribution in [0.2, 0.25) is 0 Å². The predicted octanol–water partition coefficient (Wildman–Crippen LogP) is 0.957. The van der Waals surface area contributed by atoms with Gasteiger partial charge in [0.2, 0.25) is 0 Å². The lowest BCUT2D eigenvalue weighted by atomic mass is 10.1. The molecule has 0 aliphatic rings. The van der Waals surface area contributed by atoms with Crippen molar-refractivity contribution in [3.05, 3.63) is 44.5 Å². The first-order valence-electron chi connectivity index (χ1n) is 5.49. The van der Waals surface area contributed by atoms with E-state index in [0.29, 0.717) is 22.7 Å². The topological polar surface area (TPSA) is 97.2 Å². The summed E-state index contributed by atoms with van der Waals surface area (Å²) in [5.74, 6) is 0.0679. The van der Waals surface area contributed by atoms with Crippen molar-refractivity contribution in [2.45, 2.75) is 6.54 Å². The molecule has 0 radical (unpaired) electrons. The molecule has 0 unspecified atom stereocenters. The van der Waals surface area contributed by atoms with Crippen molar-refractivity contribution >= 4 is 22.9 Å². The molecule has 2 aromatic rings. The zero-order valence-corrected chi connectivity index (χ0v) is 11.0. The highest BCUT2D eigenvalue weighted by Crippen LogP contribution is 2.23. The lowest BCUT2D eigenvalue weighted by Crippen LogP contribution is -2.24. The second-order valence-electron chi connectivity index (χ2n) is 3.78. The Morgan fingerprint density at radius 3 is 2.95 bits per heavy atom. The van der Waals surface area contributed by atoms with E-state index in [-0.39, 0.29) is 17.3 Å². The second kappa shape index (κ2) is 5.57. The maximum Gasteiger partial charge on any atom is 0.304 e. The van der Waals surface area contributed by atoms with Gasteiger partial charge in [0.05, 0.1) is 13.7 Å². The Bertz CT molecular complexity index is 648. The molecular formula is C12H13N3O3S. The monoisotopic (exact) mass is 279 g/mol. The Morgan fingerprint density at radius 1 is 1.53 bits per heavy atom. The van der Waals surface area contributed by atoms with Gasteiger partial charge in [-0.25, -0.2) is 0 Å². The van der Waals surface area contributed by atoms with Gasteiger partial charge in [0, 0.05) is 16.8 Å². The summed E-state index contributed by atoms with van der Waals surface area (Å²) in [6.45, 7) is 0.231. The number of amides is 1. The summed E-state index contributed by atoms with van der Waals surface area (Å²) in [6.07, 6.45) is 0. The van der Waals surface area contributed by atoms with Gasteiger partial charge in [0.15, 0.2) is 0 Å². The summed E-state index contributed by atoms with van der Waals surface area (Å²) in [7, 11) is 1.47. The molecule has 2 rings (SSSR count). The third-order valence-electron chi connectivity index (χ3n) is 2.52. The highest BCUT2D eigenvalue weighted by atomic mass is 32.1. The lowest BCUT2D eigenvalue weighted by molar-refractivity contribution is 0.0948. The smallest absolute Gasteiger partial charge is 0.304 e. The van der Waals surface area contributed by atoms with Crippen molar-refractivity contribution < 1.29 is 9.53 Å². The van der Waals surface area contributed by atoms with Gasteiger partial charge in [-0.1, -0.05) is 17.4 Å². The van der Waals surface area contributed by atoms with Gasteiger partial charge >= 0.3 is 4.87 Å². The molecular weight excluding hydrogens is 266 g/mol. The summed E-state index contributed by atoms with van der Waals surface area (Å²) in [5.41, 5.74) is 7.06. The first-order chi connectivity index (χ1) is 9.11. The molecule has 0 aliphatic carbocycles. The molecule has 0 aliphatic heterocycles. The standard InChI is InChI=1S/C12H13N3O3S/c1-18-9-4-2-3-8(13)10(9)11(16)14-5-7-6-19-12(17)15-7/h2-4,6H,5,13H2,1H3,(H,14,16)(H,15,17). The maximum absolute atomic E-state index is 12.1. The molecule has 1 aromatic heterocycles. The Labute approximate surface area is 113 Å². The van der Waals surface area contributed by atoms with Crippen molar-refractivity contribution in [2.75, 3.05) is 12.8 Å². The zero-order chi connectivity index (χ0) is 13.8. The first-order valence-corrected chi connectivity index (χ1v) is 6.37. The van der Waals surface area contributed by atoms with E-state index in [1.807, 2.05) is 0 Å². The Morgan fingerprint density at radius 2 is 2.32 bits per heavy atom. The summed E-state index contributed by atoms with van der Waals surface area (Å²) >= 11 is 1.05. The molecule has 7 heteroatoms. The van der Waals surface area contributed by atoms with Gasteiger partial charge in [-0.2, -0.15) is 0 Å². The summed E-state index contributed by atoms with van der Waals surface area (Å²) in [5, 5.41) is 4.34. The van der Waals surface area contributed by atoms with Crippen LogP contribution in [0.4, 0.5) is 5.69 Å². The maximum atomic E-state index is 12.1. The second-order valence-corrected chi connectivity index (χ2v) is 4.62. The average molecular weight is 279 g/mol. The molecule has 0 saturated heterocycles. The van der Waals surface area contributed by atoms with Crippen LogP contribution in [-0.4, -0.2) is 18.0 Å². The quantitative estimate of drug-likeness (QED) is 0.726. The number of thiazole rings is 1. The highest BCUT2D eigenvalue weighted by molar-refractivity contribution is 7.07. The average Bonchev–Trinajstić information content (AvgIpc) is 2.81. The van der Waals surface area contributed by atoms with E-state index >= 15 is 0 Å². The molecule has 0 spiro atoms. The minimum Gasteiger partial charge on any atom is -0.496 e. The number of aromatic amines is 1. The van der Waals surface area contributed by atoms with E-state index in [1.165, 1.54) is 7.11 Å². The molecule has 0 atom stereocenters. The number of methoxy groups -OCH3 is 1. The molecule has 100 valence electrons. The fourth-order valence-corrected chi connectivity index (χ4v) is 2.21. The predicted molar refractivity (Wildman–Crippen MR) is 73.5 cm³/mol. The first kappa shape index (κ1) is 13.2. The Hall–Kier alpha value is -2.28. The normalized spacial score (nSPS) is 10.2. The molecule has 1 aromatic carbocycles. The number of hydrogen-bond acceptors (Lipinski definition) is 5. The van der Waals surface area contributed by atoms with Crippen LogP contribution >= 0.6 is 11.3 Å². The van der Waals surface area contributed by atoms with Crippen LogP contribution in [0.1, 0.15) is 16.1 Å². The number of rotatable bonds is 4. The van der Waals surface area contributed by atoms with Crippen molar-refractivity contribution in [3.8, 4) is 5.75 Å². The van der Waals surface area contributed by atoms with E-state index in [9.17, 15) is 9.59 Å². The number of benzene rings is 1. The third-order valence-corrected chi connectivity index (χ3v) is 3.23. The molecule has 4 N–H and O–H groups in total. The number of nitrogens with one attached hydrogen (secondary N) is 2. The van der Waals surface area contributed by atoms with Crippen molar-refractivity contribution in [1.82, 2.24) is 10.3 Å². The van der Waals surface area contributed by atoms with Crippen LogP contribution < -0.4 is 20.7 Å². The Balaban J connectivity index is 2.14. The number of anilines is 1. The van der Waals surface area contributed by atoms with Crippen LogP contribution in [0.3, 0.4) is 0 Å². The minimum absolute atomic E-state index is 0.152. The van der Waals surface area contributed by atoms with Gasteiger partial charge < -0.3 is 20.8 Å². The van der Waals surface area contributed by atoms with Crippen molar-refractivity contribution in [1.29, 1.82) is 0 Å². The number of ether oxygens (including phenoxy) is 1. The molecule has 0 fully saturated rings. The van der Waals surface area contributed by atoms with Gasteiger partial charge in [-0.05, 0) is 12.1 Å². The van der Waals surface area contributed by atoms with E-state index in [4.69, 9.17) is 10.5 Å². The number of carbonyl (C=O) groups is 1. The van der Waals surface area contributed by atoms with Crippen LogP contribution in [0.5, 0.6) is 5.75 Å². The molecule has 0 bridgehead atoms. The Kier molecular flexibility index (Phi) is 3.86. The lowest BCUT2D eigenvalue weighted by Gasteiger charge is -2.10. The summed E-state index contributed by atoms with van der Waals surface area (Å²) in [4.78, 5) is 25.5. The number of nitrogens with two attached hydrogens (primary N) is 1. The third kappa shape index (κ3) is 2.94. The SMILES string of the molecule is COc1cccc(N)c1C(=O)NCc1csc(=O)[nH]1. The van der Waals surface area contributed by atoms with Crippen molar-refractivity contribution in [3.63, 3.8) is 0 Å². The molecule has 1 amide bonds. The van der Waals surface area contributed by atoms with Gasteiger partial charge in [0.25, 0.3) is 5.91 Å². The van der Waals surface area contributed by atoms with Gasteiger partial charge in [-0.3, -0.25) is 9.59 Å². The van der Waals surface area contributed by atoms with E-state index in [2.05, 4.69) is 10.3 Å². The van der Waals surface area contributed by atoms with Gasteiger partial charge in [0.1, 0.15) is 11.3 Å². The van der Waals surface area contributed by atoms with Crippen LogP contribution in [-0.2, 0) is 6.54 Å². The fourth-order valence-electron chi connectivity index (χ4n) is 1.63. The number of aromatic nitrogens is 1.